The lowest BCUT2D eigenvalue weighted by atomic mass is 10.0. The Balaban J connectivity index is 2.53. The van der Waals surface area contributed by atoms with Crippen LogP contribution in [-0.2, 0) is 6.42 Å². The lowest BCUT2D eigenvalue weighted by Gasteiger charge is -2.13. The summed E-state index contributed by atoms with van der Waals surface area (Å²) in [7, 11) is 0. The van der Waals surface area contributed by atoms with E-state index in [1.165, 1.54) is 0 Å². The summed E-state index contributed by atoms with van der Waals surface area (Å²) in [6, 6.07) is 4.02. The Labute approximate surface area is 73.0 Å². The second-order valence-corrected chi connectivity index (χ2v) is 3.33. The van der Waals surface area contributed by atoms with Gasteiger partial charge in [0.1, 0.15) is 0 Å². The molecule has 1 aromatic rings. The molecule has 0 aromatic carbocycles. The van der Waals surface area contributed by atoms with Gasteiger partial charge in [-0.05, 0) is 18.1 Å². The van der Waals surface area contributed by atoms with Crippen molar-refractivity contribution in [3.63, 3.8) is 0 Å². The Hall–Kier alpha value is -0.960. The fourth-order valence-electron chi connectivity index (χ4n) is 0.919. The summed E-state index contributed by atoms with van der Waals surface area (Å²) in [5.74, 6) is 0.493. The smallest absolute Gasteiger partial charge is 0.0646 e. The van der Waals surface area contributed by atoms with Gasteiger partial charge in [0.15, 0.2) is 0 Å². The summed E-state index contributed by atoms with van der Waals surface area (Å²) < 4.78 is 0. The van der Waals surface area contributed by atoms with Gasteiger partial charge in [-0.15, -0.1) is 0 Å². The maximum atomic E-state index is 5.88. The third-order valence-corrected chi connectivity index (χ3v) is 1.93. The Bertz CT molecular complexity index is 220. The molecule has 0 saturated heterocycles. The van der Waals surface area contributed by atoms with E-state index in [0.717, 1.165) is 12.1 Å². The van der Waals surface area contributed by atoms with Crippen molar-refractivity contribution >= 4 is 0 Å². The van der Waals surface area contributed by atoms with E-state index in [2.05, 4.69) is 24.0 Å². The average molecular weight is 165 g/mol. The van der Waals surface area contributed by atoms with E-state index in [1.807, 2.05) is 12.1 Å². The first-order valence-electron chi connectivity index (χ1n) is 4.22. The fourth-order valence-corrected chi connectivity index (χ4v) is 0.919. The zero-order valence-corrected chi connectivity index (χ0v) is 7.57. The third-order valence-electron chi connectivity index (χ3n) is 1.93. The number of nitrogens with two attached hydrogens (primary N) is 1. The van der Waals surface area contributed by atoms with Crippen molar-refractivity contribution in [1.82, 2.24) is 10.2 Å². The normalized spacial score (nSPS) is 13.3. The Morgan fingerprint density at radius 2 is 2.25 bits per heavy atom. The molecule has 0 fully saturated rings. The molecule has 0 aliphatic rings. The number of nitrogens with zero attached hydrogens (tertiary/aromatic N) is 2. The summed E-state index contributed by atoms with van der Waals surface area (Å²) in [6.45, 7) is 4.22. The topological polar surface area (TPSA) is 51.8 Å². The van der Waals surface area contributed by atoms with Gasteiger partial charge in [0.2, 0.25) is 0 Å². The summed E-state index contributed by atoms with van der Waals surface area (Å²) in [5, 5.41) is 7.76. The zero-order valence-electron chi connectivity index (χ0n) is 7.57. The highest BCUT2D eigenvalue weighted by molar-refractivity contribution is 5.01. The molecule has 12 heavy (non-hydrogen) atoms. The van der Waals surface area contributed by atoms with Gasteiger partial charge in [0, 0.05) is 18.7 Å². The van der Waals surface area contributed by atoms with Crippen LogP contribution in [0.3, 0.4) is 0 Å². The van der Waals surface area contributed by atoms with Crippen molar-refractivity contribution in [2.24, 2.45) is 11.7 Å². The first-order valence-corrected chi connectivity index (χ1v) is 4.22. The molecule has 1 unspecified atom stereocenters. The molecule has 1 rings (SSSR count). The van der Waals surface area contributed by atoms with Gasteiger partial charge >= 0.3 is 0 Å². The number of hydrogen-bond donors (Lipinski definition) is 1. The molecular formula is C9H15N3. The van der Waals surface area contributed by atoms with Gasteiger partial charge in [-0.3, -0.25) is 0 Å². The van der Waals surface area contributed by atoms with Crippen molar-refractivity contribution in [3.05, 3.63) is 24.0 Å². The quantitative estimate of drug-likeness (QED) is 0.727. The van der Waals surface area contributed by atoms with E-state index in [1.54, 1.807) is 6.20 Å². The standard InChI is InChI=1S/C9H15N3/c1-7(2)9(10)6-8-4-3-5-11-12-8/h3-5,7,9H,6,10H2,1-2H3. The van der Waals surface area contributed by atoms with E-state index >= 15 is 0 Å². The molecule has 0 saturated carbocycles. The molecule has 0 spiro atoms. The van der Waals surface area contributed by atoms with Gasteiger partial charge in [0.05, 0.1) is 5.69 Å². The lowest BCUT2D eigenvalue weighted by Crippen LogP contribution is -2.29. The highest BCUT2D eigenvalue weighted by Crippen LogP contribution is 2.04. The highest BCUT2D eigenvalue weighted by Gasteiger charge is 2.08. The zero-order chi connectivity index (χ0) is 8.97. The predicted octanol–water partition coefficient (Wildman–Crippen LogP) is 1.00. The van der Waals surface area contributed by atoms with Crippen molar-refractivity contribution in [3.8, 4) is 0 Å². The Morgan fingerprint density at radius 3 is 2.75 bits per heavy atom. The van der Waals surface area contributed by atoms with Crippen LogP contribution in [0.25, 0.3) is 0 Å². The molecule has 3 heteroatoms. The number of aromatic nitrogens is 2. The largest absolute Gasteiger partial charge is 0.327 e. The molecule has 1 heterocycles. The maximum Gasteiger partial charge on any atom is 0.0646 e. The first kappa shape index (κ1) is 9.13. The second kappa shape index (κ2) is 4.16. The summed E-state index contributed by atoms with van der Waals surface area (Å²) in [6.07, 6.45) is 2.48. The van der Waals surface area contributed by atoms with Crippen molar-refractivity contribution in [2.75, 3.05) is 0 Å². The van der Waals surface area contributed by atoms with Crippen molar-refractivity contribution in [1.29, 1.82) is 0 Å². The van der Waals surface area contributed by atoms with E-state index in [-0.39, 0.29) is 6.04 Å². The first-order chi connectivity index (χ1) is 5.70. The molecule has 66 valence electrons. The van der Waals surface area contributed by atoms with Crippen LogP contribution < -0.4 is 5.73 Å². The molecule has 2 N–H and O–H groups in total. The van der Waals surface area contributed by atoms with Gasteiger partial charge in [0.25, 0.3) is 0 Å². The third kappa shape index (κ3) is 2.58. The van der Waals surface area contributed by atoms with E-state index in [0.29, 0.717) is 5.92 Å². The summed E-state index contributed by atoms with van der Waals surface area (Å²) in [4.78, 5) is 0. The molecule has 0 aliphatic carbocycles. The van der Waals surface area contributed by atoms with Gasteiger partial charge in [-0.2, -0.15) is 10.2 Å². The minimum atomic E-state index is 0.182. The van der Waals surface area contributed by atoms with Crippen molar-refractivity contribution < 1.29 is 0 Å². The molecular weight excluding hydrogens is 150 g/mol. The predicted molar refractivity (Wildman–Crippen MR) is 48.5 cm³/mol. The van der Waals surface area contributed by atoms with Crippen LogP contribution in [0.1, 0.15) is 19.5 Å². The molecule has 3 nitrogen and oxygen atoms in total. The van der Waals surface area contributed by atoms with E-state index in [9.17, 15) is 0 Å². The average Bonchev–Trinajstić information content (AvgIpc) is 2.06. The van der Waals surface area contributed by atoms with Gasteiger partial charge < -0.3 is 5.73 Å². The van der Waals surface area contributed by atoms with Crippen LogP contribution >= 0.6 is 0 Å². The minimum Gasteiger partial charge on any atom is -0.327 e. The van der Waals surface area contributed by atoms with Crippen molar-refractivity contribution in [2.45, 2.75) is 26.3 Å². The second-order valence-electron chi connectivity index (χ2n) is 3.33. The summed E-state index contributed by atoms with van der Waals surface area (Å²) >= 11 is 0. The van der Waals surface area contributed by atoms with Crippen LogP contribution in [-0.4, -0.2) is 16.2 Å². The minimum absolute atomic E-state index is 0.182. The van der Waals surface area contributed by atoms with Gasteiger partial charge in [-0.1, -0.05) is 13.8 Å². The fraction of sp³-hybridized carbons (Fsp3) is 0.556. The number of rotatable bonds is 3. The van der Waals surface area contributed by atoms with Crippen LogP contribution in [0.4, 0.5) is 0 Å². The van der Waals surface area contributed by atoms with E-state index in [4.69, 9.17) is 5.73 Å². The monoisotopic (exact) mass is 165 g/mol. The molecule has 0 aliphatic heterocycles. The van der Waals surface area contributed by atoms with Crippen LogP contribution in [0.5, 0.6) is 0 Å². The highest BCUT2D eigenvalue weighted by atomic mass is 15.1. The Kier molecular flexibility index (Phi) is 3.17. The van der Waals surface area contributed by atoms with Crippen LogP contribution in [0.15, 0.2) is 18.3 Å². The molecule has 1 aromatic heterocycles. The molecule has 1 atom stereocenters. The number of hydrogen-bond acceptors (Lipinski definition) is 3. The summed E-state index contributed by atoms with van der Waals surface area (Å²) in [5.41, 5.74) is 6.85. The van der Waals surface area contributed by atoms with Crippen LogP contribution in [0, 0.1) is 5.92 Å². The van der Waals surface area contributed by atoms with E-state index < -0.39 is 0 Å². The molecule has 0 bridgehead atoms. The molecule has 0 amide bonds. The van der Waals surface area contributed by atoms with Crippen LogP contribution in [0.2, 0.25) is 0 Å². The van der Waals surface area contributed by atoms with Gasteiger partial charge in [-0.25, -0.2) is 0 Å². The molecule has 0 radical (unpaired) electrons. The lowest BCUT2D eigenvalue weighted by molar-refractivity contribution is 0.484. The Morgan fingerprint density at radius 1 is 1.50 bits per heavy atom. The maximum absolute atomic E-state index is 5.88. The SMILES string of the molecule is CC(C)C(N)Cc1cccnn1.